The molecule has 1 heterocycles. The number of rotatable bonds is 6. The summed E-state index contributed by atoms with van der Waals surface area (Å²) in [6.07, 6.45) is 5.05. The Hall–Kier alpha value is -0.480. The van der Waals surface area contributed by atoms with Gasteiger partial charge in [0, 0.05) is 6.04 Å². The molecule has 0 bridgehead atoms. The molecule has 1 aromatic rings. The Morgan fingerprint density at radius 3 is 2.71 bits per heavy atom. The molecule has 0 aliphatic rings. The van der Waals surface area contributed by atoms with Crippen LogP contribution in [0.2, 0.25) is 0 Å². The number of nitrogens with zero attached hydrogens (tertiary/aromatic N) is 2. The quantitative estimate of drug-likeness (QED) is 0.738. The molecular formula is C10H19N3S. The molecule has 0 saturated carbocycles. The Labute approximate surface area is 90.1 Å². The molecule has 0 fully saturated rings. The standard InChI is InChI=1S/C10H19N3S/c1-4-5-6-7-9(11-3)10-8(2)12-13-14-10/h9,11H,4-7H2,1-3H3. The normalized spacial score (nSPS) is 13.1. The molecule has 1 aromatic heterocycles. The Balaban J connectivity index is 2.50. The van der Waals surface area contributed by atoms with Gasteiger partial charge in [-0.3, -0.25) is 0 Å². The summed E-state index contributed by atoms with van der Waals surface area (Å²) >= 11 is 1.52. The summed E-state index contributed by atoms with van der Waals surface area (Å²) < 4.78 is 3.97. The van der Waals surface area contributed by atoms with Crippen LogP contribution in [0, 0.1) is 6.92 Å². The summed E-state index contributed by atoms with van der Waals surface area (Å²) in [6, 6.07) is 0.446. The highest BCUT2D eigenvalue weighted by Crippen LogP contribution is 2.24. The lowest BCUT2D eigenvalue weighted by atomic mass is 10.1. The molecule has 1 unspecified atom stereocenters. The third kappa shape index (κ3) is 3.03. The van der Waals surface area contributed by atoms with Gasteiger partial charge in [0.05, 0.1) is 10.6 Å². The van der Waals surface area contributed by atoms with E-state index in [9.17, 15) is 0 Å². The molecule has 3 nitrogen and oxygen atoms in total. The lowest BCUT2D eigenvalue weighted by Gasteiger charge is -2.13. The van der Waals surface area contributed by atoms with E-state index in [1.807, 2.05) is 14.0 Å². The molecule has 1 atom stereocenters. The number of hydrogen-bond acceptors (Lipinski definition) is 4. The number of aryl methyl sites for hydroxylation is 1. The second-order valence-electron chi connectivity index (χ2n) is 3.56. The second kappa shape index (κ2) is 6.09. The van der Waals surface area contributed by atoms with Crippen molar-refractivity contribution in [2.24, 2.45) is 0 Å². The molecule has 80 valence electrons. The van der Waals surface area contributed by atoms with Crippen molar-refractivity contribution < 1.29 is 0 Å². The van der Waals surface area contributed by atoms with Crippen LogP contribution in [0.1, 0.15) is 49.2 Å². The predicted molar refractivity (Wildman–Crippen MR) is 60.6 cm³/mol. The lowest BCUT2D eigenvalue weighted by Crippen LogP contribution is -2.15. The van der Waals surface area contributed by atoms with E-state index in [1.54, 1.807) is 0 Å². The van der Waals surface area contributed by atoms with Crippen LogP contribution in [0.3, 0.4) is 0 Å². The molecule has 0 spiro atoms. The average molecular weight is 213 g/mol. The summed E-state index contributed by atoms with van der Waals surface area (Å²) in [5.41, 5.74) is 1.07. The van der Waals surface area contributed by atoms with E-state index in [-0.39, 0.29) is 0 Å². The minimum Gasteiger partial charge on any atom is -0.312 e. The fraction of sp³-hybridized carbons (Fsp3) is 0.800. The van der Waals surface area contributed by atoms with Gasteiger partial charge in [0.25, 0.3) is 0 Å². The van der Waals surface area contributed by atoms with Crippen molar-refractivity contribution in [2.75, 3.05) is 7.05 Å². The average Bonchev–Trinajstić information content (AvgIpc) is 2.60. The molecule has 4 heteroatoms. The maximum absolute atomic E-state index is 4.04. The maximum atomic E-state index is 4.04. The molecule has 0 saturated heterocycles. The molecule has 0 amide bonds. The molecule has 0 aliphatic carbocycles. The third-order valence-corrected chi connectivity index (χ3v) is 3.39. The zero-order valence-electron chi connectivity index (χ0n) is 9.21. The third-order valence-electron chi connectivity index (χ3n) is 2.45. The second-order valence-corrected chi connectivity index (χ2v) is 4.35. The maximum Gasteiger partial charge on any atom is 0.0772 e. The fourth-order valence-electron chi connectivity index (χ4n) is 1.56. The fourth-order valence-corrected chi connectivity index (χ4v) is 2.35. The smallest absolute Gasteiger partial charge is 0.0772 e. The van der Waals surface area contributed by atoms with Crippen molar-refractivity contribution in [2.45, 2.75) is 45.6 Å². The van der Waals surface area contributed by atoms with Gasteiger partial charge in [-0.15, -0.1) is 5.10 Å². The van der Waals surface area contributed by atoms with Crippen molar-refractivity contribution in [3.63, 3.8) is 0 Å². The Kier molecular flexibility index (Phi) is 5.04. The summed E-state index contributed by atoms with van der Waals surface area (Å²) in [6.45, 7) is 4.26. The zero-order valence-corrected chi connectivity index (χ0v) is 10.0. The van der Waals surface area contributed by atoms with Gasteiger partial charge in [-0.05, 0) is 31.9 Å². The Morgan fingerprint density at radius 1 is 1.43 bits per heavy atom. The van der Waals surface area contributed by atoms with Crippen LogP contribution in [0.25, 0.3) is 0 Å². The monoisotopic (exact) mass is 213 g/mol. The van der Waals surface area contributed by atoms with E-state index >= 15 is 0 Å². The van der Waals surface area contributed by atoms with Crippen molar-refractivity contribution >= 4 is 11.5 Å². The van der Waals surface area contributed by atoms with E-state index in [1.165, 1.54) is 42.1 Å². The van der Waals surface area contributed by atoms with Gasteiger partial charge in [0.15, 0.2) is 0 Å². The van der Waals surface area contributed by atoms with Crippen LogP contribution in [-0.4, -0.2) is 16.6 Å². The zero-order chi connectivity index (χ0) is 10.4. The SMILES string of the molecule is CCCCCC(NC)c1snnc1C. The number of unbranched alkanes of at least 4 members (excludes halogenated alkanes) is 2. The van der Waals surface area contributed by atoms with Gasteiger partial charge in [0.2, 0.25) is 0 Å². The van der Waals surface area contributed by atoms with Gasteiger partial charge < -0.3 is 5.32 Å². The first-order valence-electron chi connectivity index (χ1n) is 5.25. The lowest BCUT2D eigenvalue weighted by molar-refractivity contribution is 0.516. The van der Waals surface area contributed by atoms with Crippen molar-refractivity contribution in [3.8, 4) is 0 Å². The number of nitrogens with one attached hydrogen (secondary N) is 1. The van der Waals surface area contributed by atoms with Crippen LogP contribution in [-0.2, 0) is 0 Å². The van der Waals surface area contributed by atoms with Crippen molar-refractivity contribution in [1.29, 1.82) is 0 Å². The van der Waals surface area contributed by atoms with Crippen molar-refractivity contribution in [1.82, 2.24) is 14.9 Å². The highest BCUT2D eigenvalue weighted by Gasteiger charge is 2.14. The highest BCUT2D eigenvalue weighted by atomic mass is 32.1. The van der Waals surface area contributed by atoms with E-state index in [0.29, 0.717) is 6.04 Å². The molecule has 0 radical (unpaired) electrons. The van der Waals surface area contributed by atoms with E-state index in [2.05, 4.69) is 21.8 Å². The van der Waals surface area contributed by atoms with Gasteiger partial charge in [-0.25, -0.2) is 0 Å². The Bertz CT molecular complexity index is 260. The molecule has 14 heavy (non-hydrogen) atoms. The Morgan fingerprint density at radius 2 is 2.21 bits per heavy atom. The first-order valence-corrected chi connectivity index (χ1v) is 6.03. The molecule has 1 N–H and O–H groups in total. The van der Waals surface area contributed by atoms with E-state index < -0.39 is 0 Å². The first kappa shape index (κ1) is 11.6. The molecular weight excluding hydrogens is 194 g/mol. The van der Waals surface area contributed by atoms with Crippen molar-refractivity contribution in [3.05, 3.63) is 10.6 Å². The number of hydrogen-bond donors (Lipinski definition) is 1. The summed E-state index contributed by atoms with van der Waals surface area (Å²) in [4.78, 5) is 1.30. The van der Waals surface area contributed by atoms with Crippen LogP contribution in [0.15, 0.2) is 0 Å². The molecule has 0 aliphatic heterocycles. The van der Waals surface area contributed by atoms with Crippen LogP contribution in [0.4, 0.5) is 0 Å². The molecule has 1 rings (SSSR count). The highest BCUT2D eigenvalue weighted by molar-refractivity contribution is 7.05. The van der Waals surface area contributed by atoms with Gasteiger partial charge in [0.1, 0.15) is 0 Å². The first-order chi connectivity index (χ1) is 6.79. The minimum atomic E-state index is 0.446. The van der Waals surface area contributed by atoms with Gasteiger partial charge >= 0.3 is 0 Å². The van der Waals surface area contributed by atoms with Gasteiger partial charge in [-0.2, -0.15) is 0 Å². The van der Waals surface area contributed by atoms with Crippen LogP contribution < -0.4 is 5.32 Å². The van der Waals surface area contributed by atoms with E-state index in [0.717, 1.165) is 5.69 Å². The molecule has 0 aromatic carbocycles. The van der Waals surface area contributed by atoms with Crippen LogP contribution in [0.5, 0.6) is 0 Å². The summed E-state index contributed by atoms with van der Waals surface area (Å²) in [5, 5.41) is 7.38. The van der Waals surface area contributed by atoms with Gasteiger partial charge in [-0.1, -0.05) is 30.7 Å². The predicted octanol–water partition coefficient (Wildman–Crippen LogP) is 2.69. The summed E-state index contributed by atoms with van der Waals surface area (Å²) in [5.74, 6) is 0. The topological polar surface area (TPSA) is 37.8 Å². The minimum absolute atomic E-state index is 0.446. The van der Waals surface area contributed by atoms with E-state index in [4.69, 9.17) is 0 Å². The largest absolute Gasteiger partial charge is 0.312 e. The summed E-state index contributed by atoms with van der Waals surface area (Å²) in [7, 11) is 2.01. The van der Waals surface area contributed by atoms with Crippen LogP contribution >= 0.6 is 11.5 Å². The number of aromatic nitrogens is 2.